The highest BCUT2D eigenvalue weighted by Gasteiger charge is 2.25. The van der Waals surface area contributed by atoms with Gasteiger partial charge in [-0.15, -0.1) is 0 Å². The van der Waals surface area contributed by atoms with Crippen LogP contribution in [0.25, 0.3) is 0 Å². The molecule has 0 radical (unpaired) electrons. The number of piperazine rings is 1. The Morgan fingerprint density at radius 1 is 1.32 bits per heavy atom. The standard InChI is InChI=1S/C15H21N5OS/c1-11-9-20(15-16-12(2)18-22-15)8-7-19(11)10-13-5-4-6-14(17-13)21-3/h4-6,11H,7-10H2,1-3H3. The van der Waals surface area contributed by atoms with Crippen molar-refractivity contribution >= 4 is 16.7 Å². The lowest BCUT2D eigenvalue weighted by molar-refractivity contribution is 0.178. The second-order valence-corrected chi connectivity index (χ2v) is 6.29. The van der Waals surface area contributed by atoms with Crippen LogP contribution >= 0.6 is 11.5 Å². The van der Waals surface area contributed by atoms with Crippen LogP contribution in [-0.2, 0) is 6.54 Å². The van der Waals surface area contributed by atoms with Crippen LogP contribution in [0.1, 0.15) is 18.4 Å². The zero-order chi connectivity index (χ0) is 15.5. The fourth-order valence-corrected chi connectivity index (χ4v) is 3.39. The molecule has 3 heterocycles. The van der Waals surface area contributed by atoms with Crippen molar-refractivity contribution in [1.82, 2.24) is 19.2 Å². The van der Waals surface area contributed by atoms with E-state index >= 15 is 0 Å². The summed E-state index contributed by atoms with van der Waals surface area (Å²) >= 11 is 1.49. The predicted molar refractivity (Wildman–Crippen MR) is 87.5 cm³/mol. The van der Waals surface area contributed by atoms with Crippen molar-refractivity contribution < 1.29 is 4.74 Å². The van der Waals surface area contributed by atoms with Gasteiger partial charge < -0.3 is 9.64 Å². The number of ether oxygens (including phenoxy) is 1. The van der Waals surface area contributed by atoms with Crippen molar-refractivity contribution in [2.24, 2.45) is 0 Å². The summed E-state index contributed by atoms with van der Waals surface area (Å²) in [4.78, 5) is 13.8. The SMILES string of the molecule is COc1cccc(CN2CCN(c3nc(C)ns3)CC2C)n1. The van der Waals surface area contributed by atoms with Crippen molar-refractivity contribution in [1.29, 1.82) is 0 Å². The zero-order valence-electron chi connectivity index (χ0n) is 13.2. The normalized spacial score (nSPS) is 19.4. The summed E-state index contributed by atoms with van der Waals surface area (Å²) in [6, 6.07) is 6.37. The molecule has 0 aliphatic carbocycles. The van der Waals surface area contributed by atoms with Gasteiger partial charge in [-0.05, 0) is 19.9 Å². The zero-order valence-corrected chi connectivity index (χ0v) is 14.0. The third-order valence-electron chi connectivity index (χ3n) is 3.91. The van der Waals surface area contributed by atoms with Crippen LogP contribution in [0.2, 0.25) is 0 Å². The Morgan fingerprint density at radius 3 is 2.86 bits per heavy atom. The molecule has 1 atom stereocenters. The number of rotatable bonds is 4. The van der Waals surface area contributed by atoms with Gasteiger partial charge >= 0.3 is 0 Å². The van der Waals surface area contributed by atoms with Gasteiger partial charge in [-0.1, -0.05) is 6.07 Å². The number of methoxy groups -OCH3 is 1. The largest absolute Gasteiger partial charge is 0.481 e. The second-order valence-electron chi connectivity index (χ2n) is 5.56. The van der Waals surface area contributed by atoms with Crippen LogP contribution in [-0.4, -0.2) is 52.0 Å². The lowest BCUT2D eigenvalue weighted by Gasteiger charge is -2.39. The molecule has 0 amide bonds. The molecule has 118 valence electrons. The highest BCUT2D eigenvalue weighted by Crippen LogP contribution is 2.22. The first-order valence-corrected chi connectivity index (χ1v) is 8.22. The third-order valence-corrected chi connectivity index (χ3v) is 4.78. The van der Waals surface area contributed by atoms with E-state index in [-0.39, 0.29) is 0 Å². The molecule has 2 aromatic heterocycles. The Labute approximate surface area is 134 Å². The van der Waals surface area contributed by atoms with E-state index in [4.69, 9.17) is 4.74 Å². The quantitative estimate of drug-likeness (QED) is 0.859. The number of nitrogens with zero attached hydrogens (tertiary/aromatic N) is 5. The van der Waals surface area contributed by atoms with Crippen molar-refractivity contribution in [2.45, 2.75) is 26.4 Å². The smallest absolute Gasteiger partial charge is 0.213 e. The van der Waals surface area contributed by atoms with E-state index in [1.807, 2.05) is 19.1 Å². The Bertz CT molecular complexity index is 632. The highest BCUT2D eigenvalue weighted by atomic mass is 32.1. The van der Waals surface area contributed by atoms with Crippen LogP contribution in [0.4, 0.5) is 5.13 Å². The average Bonchev–Trinajstić information content (AvgIpc) is 2.96. The average molecular weight is 319 g/mol. The Kier molecular flexibility index (Phi) is 4.54. The predicted octanol–water partition coefficient (Wildman–Crippen LogP) is 1.96. The van der Waals surface area contributed by atoms with Gasteiger partial charge in [-0.3, -0.25) is 4.90 Å². The molecule has 0 saturated carbocycles. The minimum Gasteiger partial charge on any atom is -0.481 e. The highest BCUT2D eigenvalue weighted by molar-refractivity contribution is 7.09. The van der Waals surface area contributed by atoms with E-state index in [1.54, 1.807) is 7.11 Å². The minimum atomic E-state index is 0.450. The number of hydrogen-bond acceptors (Lipinski definition) is 7. The topological polar surface area (TPSA) is 54.4 Å². The monoisotopic (exact) mass is 319 g/mol. The summed E-state index contributed by atoms with van der Waals surface area (Å²) < 4.78 is 9.47. The molecule has 1 unspecified atom stereocenters. The first-order valence-electron chi connectivity index (χ1n) is 7.45. The van der Waals surface area contributed by atoms with Gasteiger partial charge in [0.05, 0.1) is 12.8 Å². The van der Waals surface area contributed by atoms with Crippen molar-refractivity contribution in [3.63, 3.8) is 0 Å². The number of aromatic nitrogens is 3. The van der Waals surface area contributed by atoms with Gasteiger partial charge in [0.2, 0.25) is 11.0 Å². The maximum Gasteiger partial charge on any atom is 0.213 e. The summed E-state index contributed by atoms with van der Waals surface area (Å²) in [6.07, 6.45) is 0. The van der Waals surface area contributed by atoms with Gasteiger partial charge in [0.1, 0.15) is 5.82 Å². The first-order chi connectivity index (χ1) is 10.7. The minimum absolute atomic E-state index is 0.450. The molecular weight excluding hydrogens is 298 g/mol. The molecule has 22 heavy (non-hydrogen) atoms. The molecular formula is C15H21N5OS. The van der Waals surface area contributed by atoms with Gasteiger partial charge in [-0.2, -0.15) is 4.37 Å². The van der Waals surface area contributed by atoms with Crippen molar-refractivity contribution in [3.05, 3.63) is 29.7 Å². The van der Waals surface area contributed by atoms with Gasteiger partial charge in [-0.25, -0.2) is 9.97 Å². The Balaban J connectivity index is 1.63. The first kappa shape index (κ1) is 15.2. The number of hydrogen-bond donors (Lipinski definition) is 0. The molecule has 1 aliphatic heterocycles. The molecule has 3 rings (SSSR count). The maximum absolute atomic E-state index is 5.20. The summed E-state index contributed by atoms with van der Waals surface area (Å²) in [6.45, 7) is 7.98. The summed E-state index contributed by atoms with van der Waals surface area (Å²) in [7, 11) is 1.65. The van der Waals surface area contributed by atoms with E-state index in [0.29, 0.717) is 11.9 Å². The molecule has 0 N–H and O–H groups in total. The maximum atomic E-state index is 5.20. The van der Waals surface area contributed by atoms with Crippen molar-refractivity contribution in [3.8, 4) is 5.88 Å². The van der Waals surface area contributed by atoms with Gasteiger partial charge in [0.15, 0.2) is 0 Å². The van der Waals surface area contributed by atoms with E-state index in [1.165, 1.54) is 11.5 Å². The fraction of sp³-hybridized carbons (Fsp3) is 0.533. The molecule has 6 nitrogen and oxygen atoms in total. The summed E-state index contributed by atoms with van der Waals surface area (Å²) in [5, 5.41) is 1.03. The summed E-state index contributed by atoms with van der Waals surface area (Å²) in [5.74, 6) is 1.53. The third kappa shape index (κ3) is 3.36. The Morgan fingerprint density at radius 2 is 2.18 bits per heavy atom. The van der Waals surface area contributed by atoms with Crippen LogP contribution in [0.15, 0.2) is 18.2 Å². The van der Waals surface area contributed by atoms with Gasteiger partial charge in [0, 0.05) is 49.8 Å². The molecule has 0 spiro atoms. The molecule has 0 aromatic carbocycles. The Hall–Kier alpha value is -1.73. The van der Waals surface area contributed by atoms with E-state index in [0.717, 1.165) is 42.8 Å². The van der Waals surface area contributed by atoms with Crippen molar-refractivity contribution in [2.75, 3.05) is 31.6 Å². The van der Waals surface area contributed by atoms with E-state index in [9.17, 15) is 0 Å². The lowest BCUT2D eigenvalue weighted by atomic mass is 10.2. The number of pyridine rings is 1. The van der Waals surface area contributed by atoms with Gasteiger partial charge in [0.25, 0.3) is 0 Å². The summed E-state index contributed by atoms with van der Waals surface area (Å²) in [5.41, 5.74) is 1.05. The lowest BCUT2D eigenvalue weighted by Crippen LogP contribution is -2.51. The molecule has 2 aromatic rings. The van der Waals surface area contributed by atoms with E-state index in [2.05, 4.69) is 37.1 Å². The molecule has 1 fully saturated rings. The van der Waals surface area contributed by atoms with Crippen LogP contribution in [0, 0.1) is 6.92 Å². The molecule has 7 heteroatoms. The molecule has 1 aliphatic rings. The van der Waals surface area contributed by atoms with Crippen LogP contribution in [0.3, 0.4) is 0 Å². The number of aryl methyl sites for hydroxylation is 1. The number of anilines is 1. The molecule has 1 saturated heterocycles. The van der Waals surface area contributed by atoms with Crippen LogP contribution in [0.5, 0.6) is 5.88 Å². The van der Waals surface area contributed by atoms with E-state index < -0.39 is 0 Å². The fourth-order valence-electron chi connectivity index (χ4n) is 2.69. The second kappa shape index (κ2) is 6.58. The van der Waals surface area contributed by atoms with Crippen LogP contribution < -0.4 is 9.64 Å². The molecule has 0 bridgehead atoms.